The van der Waals surface area contributed by atoms with Crippen molar-refractivity contribution in [3.63, 3.8) is 0 Å². The number of fused-ring (bicyclic) bond motifs is 2. The molecule has 144 valence electrons. The second-order valence-corrected chi connectivity index (χ2v) is 8.31. The van der Waals surface area contributed by atoms with Crippen LogP contribution >= 0.6 is 23.4 Å². The summed E-state index contributed by atoms with van der Waals surface area (Å²) in [6.07, 6.45) is 5.18. The molecule has 5 rings (SSSR count). The van der Waals surface area contributed by atoms with E-state index in [1.165, 1.54) is 11.8 Å². The van der Waals surface area contributed by atoms with Crippen molar-refractivity contribution in [2.45, 2.75) is 35.9 Å². The molecule has 1 aliphatic heterocycles. The number of aromatic amines is 1. The fourth-order valence-corrected chi connectivity index (χ4v) is 4.66. The molecule has 5 heterocycles. The van der Waals surface area contributed by atoms with Gasteiger partial charge in [0.15, 0.2) is 10.7 Å². The lowest BCUT2D eigenvalue weighted by atomic mass is 10.3. The quantitative estimate of drug-likeness (QED) is 0.487. The van der Waals surface area contributed by atoms with Crippen LogP contribution < -0.4 is 10.6 Å². The molecule has 3 N–H and O–H groups in total. The highest BCUT2D eigenvalue weighted by Crippen LogP contribution is 2.37. The van der Waals surface area contributed by atoms with Crippen molar-refractivity contribution in [1.82, 2.24) is 19.9 Å². The summed E-state index contributed by atoms with van der Waals surface area (Å²) in [6, 6.07) is 3.94. The number of pyridine rings is 1. The Hall–Kier alpha value is -2.29. The van der Waals surface area contributed by atoms with Gasteiger partial charge in [0.1, 0.15) is 17.0 Å². The maximum Gasteiger partial charge on any atom is 0.196 e. The second kappa shape index (κ2) is 6.95. The summed E-state index contributed by atoms with van der Waals surface area (Å²) in [6.45, 7) is 3.69. The number of anilines is 1. The van der Waals surface area contributed by atoms with Crippen LogP contribution in [0.2, 0.25) is 5.02 Å². The first kappa shape index (κ1) is 17.8. The highest BCUT2D eigenvalue weighted by molar-refractivity contribution is 7.99. The number of halogens is 1. The summed E-state index contributed by atoms with van der Waals surface area (Å²) < 4.78 is 5.45. The molecule has 0 radical (unpaired) electrons. The lowest BCUT2D eigenvalue weighted by Gasteiger charge is -2.18. The van der Waals surface area contributed by atoms with E-state index in [1.807, 2.05) is 12.1 Å². The van der Waals surface area contributed by atoms with Crippen LogP contribution in [-0.2, 0) is 6.42 Å². The molecule has 1 atom stereocenters. The van der Waals surface area contributed by atoms with Gasteiger partial charge in [-0.05, 0) is 30.7 Å². The zero-order valence-corrected chi connectivity index (χ0v) is 16.8. The van der Waals surface area contributed by atoms with Crippen LogP contribution in [0.3, 0.4) is 0 Å². The van der Waals surface area contributed by atoms with E-state index in [4.69, 9.17) is 31.7 Å². The predicted molar refractivity (Wildman–Crippen MR) is 111 cm³/mol. The van der Waals surface area contributed by atoms with Crippen LogP contribution in [0.5, 0.6) is 0 Å². The first-order chi connectivity index (χ1) is 13.6. The number of furan rings is 1. The SMILES string of the molecule is CCc1[nH]c2nc(Sc3cnc4ccoc4c3)nc(N3CCC(N)C3)c2c1Cl. The largest absolute Gasteiger partial charge is 0.463 e. The van der Waals surface area contributed by atoms with Crippen molar-refractivity contribution in [3.05, 3.63) is 35.3 Å². The Kier molecular flexibility index (Phi) is 4.41. The highest BCUT2D eigenvalue weighted by atomic mass is 35.5. The summed E-state index contributed by atoms with van der Waals surface area (Å²) >= 11 is 8.10. The van der Waals surface area contributed by atoms with E-state index >= 15 is 0 Å². The Labute approximate surface area is 170 Å². The van der Waals surface area contributed by atoms with Gasteiger partial charge in [0.25, 0.3) is 0 Å². The van der Waals surface area contributed by atoms with Crippen molar-refractivity contribution in [3.8, 4) is 0 Å². The Morgan fingerprint density at radius 1 is 1.43 bits per heavy atom. The van der Waals surface area contributed by atoms with Crippen molar-refractivity contribution < 1.29 is 4.42 Å². The van der Waals surface area contributed by atoms with E-state index in [1.54, 1.807) is 12.5 Å². The van der Waals surface area contributed by atoms with Gasteiger partial charge in [0.2, 0.25) is 0 Å². The monoisotopic (exact) mass is 414 g/mol. The van der Waals surface area contributed by atoms with Gasteiger partial charge in [-0.25, -0.2) is 9.97 Å². The Morgan fingerprint density at radius 3 is 3.11 bits per heavy atom. The molecule has 4 aromatic rings. The molecule has 0 bridgehead atoms. The van der Waals surface area contributed by atoms with Crippen LogP contribution in [0, 0.1) is 0 Å². The van der Waals surface area contributed by atoms with Crippen molar-refractivity contribution in [1.29, 1.82) is 0 Å². The summed E-state index contributed by atoms with van der Waals surface area (Å²) in [5.74, 6) is 0.841. The fraction of sp³-hybridized carbons (Fsp3) is 0.316. The first-order valence-electron chi connectivity index (χ1n) is 9.22. The Morgan fingerprint density at radius 2 is 2.32 bits per heavy atom. The molecular weight excluding hydrogens is 396 g/mol. The number of hydrogen-bond donors (Lipinski definition) is 2. The molecule has 1 saturated heterocycles. The van der Waals surface area contributed by atoms with Gasteiger partial charge >= 0.3 is 0 Å². The summed E-state index contributed by atoms with van der Waals surface area (Å²) in [7, 11) is 0. The van der Waals surface area contributed by atoms with Crippen LogP contribution in [0.4, 0.5) is 5.82 Å². The molecule has 1 unspecified atom stereocenters. The molecule has 9 heteroatoms. The molecule has 0 spiro atoms. The topological polar surface area (TPSA) is 96.9 Å². The third kappa shape index (κ3) is 3.01. The van der Waals surface area contributed by atoms with Gasteiger partial charge in [-0.3, -0.25) is 4.98 Å². The molecule has 0 aliphatic carbocycles. The molecule has 1 aliphatic rings. The molecule has 0 saturated carbocycles. The van der Waals surface area contributed by atoms with Gasteiger partial charge in [0.05, 0.1) is 16.7 Å². The van der Waals surface area contributed by atoms with Crippen LogP contribution in [0.25, 0.3) is 22.1 Å². The van der Waals surface area contributed by atoms with Gasteiger partial charge in [-0.1, -0.05) is 18.5 Å². The minimum absolute atomic E-state index is 0.148. The number of hydrogen-bond acceptors (Lipinski definition) is 7. The summed E-state index contributed by atoms with van der Waals surface area (Å²) in [5.41, 5.74) is 9.42. The Balaban J connectivity index is 1.60. The normalized spacial score (nSPS) is 17.2. The van der Waals surface area contributed by atoms with Gasteiger partial charge in [-0.2, -0.15) is 0 Å². The zero-order chi connectivity index (χ0) is 19.3. The summed E-state index contributed by atoms with van der Waals surface area (Å²) in [4.78, 5) is 20.4. The van der Waals surface area contributed by atoms with E-state index in [2.05, 4.69) is 21.8 Å². The molecule has 0 amide bonds. The average molecular weight is 415 g/mol. The van der Waals surface area contributed by atoms with Crippen LogP contribution in [0.15, 0.2) is 39.1 Å². The third-order valence-electron chi connectivity index (χ3n) is 4.99. The maximum atomic E-state index is 6.64. The van der Waals surface area contributed by atoms with Gasteiger partial charge in [-0.15, -0.1) is 0 Å². The lowest BCUT2D eigenvalue weighted by molar-refractivity contribution is 0.614. The molecule has 1 fully saturated rings. The van der Waals surface area contributed by atoms with Crippen molar-refractivity contribution in [2.24, 2.45) is 5.73 Å². The van der Waals surface area contributed by atoms with E-state index in [-0.39, 0.29) is 6.04 Å². The number of aromatic nitrogens is 4. The number of nitrogens with one attached hydrogen (secondary N) is 1. The van der Waals surface area contributed by atoms with Crippen LogP contribution in [0.1, 0.15) is 19.0 Å². The van der Waals surface area contributed by atoms with Gasteiger partial charge < -0.3 is 20.0 Å². The standard InChI is InChI=1S/C19H19ClN6OS/c1-2-12-16(20)15-17(23-12)24-19(25-18(15)26-5-3-10(21)9-26)28-11-7-14-13(22-8-11)4-6-27-14/h4,6-8,10H,2-3,5,9,21H2,1H3,(H,23,24,25). The second-order valence-electron chi connectivity index (χ2n) is 6.90. The maximum absolute atomic E-state index is 6.64. The first-order valence-corrected chi connectivity index (χ1v) is 10.4. The number of nitrogens with two attached hydrogens (primary N) is 1. The van der Waals surface area contributed by atoms with Gasteiger partial charge in [0, 0.05) is 42.0 Å². The van der Waals surface area contributed by atoms with Crippen molar-refractivity contribution >= 4 is 51.3 Å². The van der Waals surface area contributed by atoms with E-state index < -0.39 is 0 Å². The number of H-pyrrole nitrogens is 1. The molecular formula is C19H19ClN6OS. The smallest absolute Gasteiger partial charge is 0.196 e. The minimum Gasteiger partial charge on any atom is -0.463 e. The predicted octanol–water partition coefficient (Wildman–Crippen LogP) is 4.00. The number of nitrogens with zero attached hydrogens (tertiary/aromatic N) is 4. The highest BCUT2D eigenvalue weighted by Gasteiger charge is 2.26. The zero-order valence-electron chi connectivity index (χ0n) is 15.3. The molecule has 28 heavy (non-hydrogen) atoms. The van der Waals surface area contributed by atoms with Crippen LogP contribution in [-0.4, -0.2) is 39.1 Å². The average Bonchev–Trinajstić information content (AvgIpc) is 3.40. The Bertz CT molecular complexity index is 1170. The number of aryl methyl sites for hydroxylation is 1. The van der Waals surface area contributed by atoms with E-state index in [0.29, 0.717) is 10.2 Å². The molecule has 0 aromatic carbocycles. The van der Waals surface area contributed by atoms with Crippen molar-refractivity contribution in [2.75, 3.05) is 18.0 Å². The van der Waals surface area contributed by atoms with E-state index in [9.17, 15) is 0 Å². The number of rotatable bonds is 4. The minimum atomic E-state index is 0.148. The fourth-order valence-electron chi connectivity index (χ4n) is 3.56. The molecule has 4 aromatic heterocycles. The molecule has 7 nitrogen and oxygen atoms in total. The van der Waals surface area contributed by atoms with E-state index in [0.717, 1.165) is 64.5 Å². The third-order valence-corrected chi connectivity index (χ3v) is 6.23. The lowest BCUT2D eigenvalue weighted by Crippen LogP contribution is -2.27. The summed E-state index contributed by atoms with van der Waals surface area (Å²) in [5, 5.41) is 2.20.